The number of esters is 1. The van der Waals surface area contributed by atoms with Crippen LogP contribution < -0.4 is 0 Å². The van der Waals surface area contributed by atoms with Crippen LogP contribution in [0.15, 0.2) is 35.1 Å². The molecule has 1 saturated heterocycles. The summed E-state index contributed by atoms with van der Waals surface area (Å²) in [5.41, 5.74) is 0.168. The summed E-state index contributed by atoms with van der Waals surface area (Å²) < 4.78 is 11.1. The number of unbranched alkanes of at least 4 members (excludes halogenated alkanes) is 2. The third-order valence-electron chi connectivity index (χ3n) is 5.63. The van der Waals surface area contributed by atoms with Crippen LogP contribution in [0.5, 0.6) is 0 Å². The molecule has 3 rings (SSSR count). The van der Waals surface area contributed by atoms with Gasteiger partial charge in [0.25, 0.3) is 0 Å². The number of allylic oxidation sites excluding steroid dienone is 4. The molecule has 3 atom stereocenters. The van der Waals surface area contributed by atoms with E-state index in [4.69, 9.17) is 9.47 Å². The van der Waals surface area contributed by atoms with E-state index >= 15 is 0 Å². The van der Waals surface area contributed by atoms with Gasteiger partial charge in [-0.15, -0.1) is 0 Å². The second-order valence-corrected chi connectivity index (χ2v) is 7.41. The van der Waals surface area contributed by atoms with Crippen molar-refractivity contribution in [2.24, 2.45) is 11.8 Å². The summed E-state index contributed by atoms with van der Waals surface area (Å²) in [7, 11) is 0. The topological polar surface area (TPSA) is 69.7 Å². The summed E-state index contributed by atoms with van der Waals surface area (Å²) in [5.74, 6) is -1.45. The SMILES string of the molecule is C/C=C\C1=CC2=C(CO1)C(=O)C1(C)OC(=O)C(C(=O)CCCCC)C1C2. The summed E-state index contributed by atoms with van der Waals surface area (Å²) in [6.45, 7) is 5.79. The highest BCUT2D eigenvalue weighted by Gasteiger charge is 2.61. The third-order valence-corrected chi connectivity index (χ3v) is 5.63. The van der Waals surface area contributed by atoms with Gasteiger partial charge >= 0.3 is 5.97 Å². The molecule has 26 heavy (non-hydrogen) atoms. The molecular weight excluding hydrogens is 332 g/mol. The summed E-state index contributed by atoms with van der Waals surface area (Å²) in [5, 5.41) is 0. The number of rotatable bonds is 6. The quantitative estimate of drug-likeness (QED) is 0.413. The molecule has 2 heterocycles. The Kier molecular flexibility index (Phi) is 5.17. The van der Waals surface area contributed by atoms with Crippen LogP contribution >= 0.6 is 0 Å². The Labute approximate surface area is 154 Å². The van der Waals surface area contributed by atoms with E-state index in [0.29, 0.717) is 24.2 Å². The Morgan fingerprint density at radius 1 is 1.35 bits per heavy atom. The third kappa shape index (κ3) is 3.04. The van der Waals surface area contributed by atoms with Gasteiger partial charge in [0.05, 0.1) is 0 Å². The molecule has 3 aliphatic rings. The van der Waals surface area contributed by atoms with Gasteiger partial charge in [0.1, 0.15) is 24.1 Å². The number of ether oxygens (including phenoxy) is 2. The second-order valence-electron chi connectivity index (χ2n) is 7.41. The average Bonchev–Trinajstić information content (AvgIpc) is 2.86. The molecule has 0 saturated carbocycles. The first kappa shape index (κ1) is 18.6. The number of fused-ring (bicyclic) bond motifs is 1. The molecule has 0 bridgehead atoms. The van der Waals surface area contributed by atoms with Crippen molar-refractivity contribution in [2.75, 3.05) is 6.61 Å². The van der Waals surface area contributed by atoms with Gasteiger partial charge in [-0.2, -0.15) is 0 Å². The van der Waals surface area contributed by atoms with E-state index in [1.54, 1.807) is 6.92 Å². The fourth-order valence-corrected chi connectivity index (χ4v) is 4.16. The lowest BCUT2D eigenvalue weighted by molar-refractivity contribution is -0.157. The normalized spacial score (nSPS) is 30.7. The predicted octanol–water partition coefficient (Wildman–Crippen LogP) is 3.44. The van der Waals surface area contributed by atoms with E-state index < -0.39 is 23.4 Å². The highest BCUT2D eigenvalue weighted by molar-refractivity contribution is 6.10. The molecule has 5 heteroatoms. The lowest BCUT2D eigenvalue weighted by atomic mass is 9.67. The van der Waals surface area contributed by atoms with Crippen LogP contribution in [0.1, 0.15) is 52.9 Å². The van der Waals surface area contributed by atoms with E-state index in [0.717, 1.165) is 24.8 Å². The number of hydrogen-bond donors (Lipinski definition) is 0. The molecule has 5 nitrogen and oxygen atoms in total. The molecule has 0 aromatic carbocycles. The standard InChI is InChI=1S/C21H26O5/c1-4-6-7-9-17(22)18-16-11-13-10-14(8-5-2)25-12-15(13)19(23)21(16,3)26-20(18)24/h5,8,10,16,18H,4,6-7,9,11-12H2,1-3H3/b8-5-. The summed E-state index contributed by atoms with van der Waals surface area (Å²) >= 11 is 0. The highest BCUT2D eigenvalue weighted by Crippen LogP contribution is 2.48. The number of Topliss-reactive ketones (excluding diaryl/α,β-unsaturated/α-hetero) is 2. The van der Waals surface area contributed by atoms with Gasteiger partial charge in [0.2, 0.25) is 5.78 Å². The Hall–Kier alpha value is -2.17. The number of carbonyl (C=O) groups excluding carboxylic acids is 3. The molecule has 0 aromatic heterocycles. The van der Waals surface area contributed by atoms with E-state index in [2.05, 4.69) is 6.92 Å². The lowest BCUT2D eigenvalue weighted by Crippen LogP contribution is -2.48. The van der Waals surface area contributed by atoms with Gasteiger partial charge in [-0.25, -0.2) is 0 Å². The molecule has 140 valence electrons. The number of hydrogen-bond acceptors (Lipinski definition) is 5. The number of carbonyl (C=O) groups is 3. The van der Waals surface area contributed by atoms with Crippen molar-refractivity contribution in [3.63, 3.8) is 0 Å². The van der Waals surface area contributed by atoms with Crippen molar-refractivity contribution >= 4 is 17.5 Å². The molecule has 0 radical (unpaired) electrons. The smallest absolute Gasteiger partial charge is 0.317 e. The highest BCUT2D eigenvalue weighted by atomic mass is 16.6. The molecule has 0 N–H and O–H groups in total. The largest absolute Gasteiger partial charge is 0.489 e. The minimum Gasteiger partial charge on any atom is -0.489 e. The average molecular weight is 358 g/mol. The van der Waals surface area contributed by atoms with Gasteiger partial charge in [-0.1, -0.05) is 25.8 Å². The van der Waals surface area contributed by atoms with E-state index in [1.165, 1.54) is 0 Å². The van der Waals surface area contributed by atoms with Crippen LogP contribution in [0.4, 0.5) is 0 Å². The second kappa shape index (κ2) is 7.22. The van der Waals surface area contributed by atoms with Crippen LogP contribution in [0.2, 0.25) is 0 Å². The monoisotopic (exact) mass is 358 g/mol. The zero-order valence-corrected chi connectivity index (χ0v) is 15.7. The van der Waals surface area contributed by atoms with Gasteiger partial charge in [-0.05, 0) is 44.4 Å². The number of ketones is 2. The Balaban J connectivity index is 1.89. The lowest BCUT2D eigenvalue weighted by Gasteiger charge is -2.37. The zero-order valence-electron chi connectivity index (χ0n) is 15.7. The Bertz CT molecular complexity index is 727. The first-order chi connectivity index (χ1) is 12.4. The molecule has 3 unspecified atom stereocenters. The van der Waals surface area contributed by atoms with E-state index in [1.807, 2.05) is 25.2 Å². The molecule has 1 aliphatic carbocycles. The van der Waals surface area contributed by atoms with Crippen molar-refractivity contribution in [3.05, 3.63) is 35.1 Å². The van der Waals surface area contributed by atoms with Crippen LogP contribution in [0.3, 0.4) is 0 Å². The van der Waals surface area contributed by atoms with Crippen molar-refractivity contribution in [3.8, 4) is 0 Å². The summed E-state index contributed by atoms with van der Waals surface area (Å²) in [4.78, 5) is 38.2. The minimum absolute atomic E-state index is 0.0984. The molecule has 2 aliphatic heterocycles. The fraction of sp³-hybridized carbons (Fsp3) is 0.571. The van der Waals surface area contributed by atoms with Gasteiger partial charge < -0.3 is 9.47 Å². The Morgan fingerprint density at radius 2 is 2.12 bits per heavy atom. The first-order valence-corrected chi connectivity index (χ1v) is 9.42. The van der Waals surface area contributed by atoms with Crippen LogP contribution in [-0.4, -0.2) is 29.7 Å². The molecule has 1 fully saturated rings. The van der Waals surface area contributed by atoms with E-state index in [-0.39, 0.29) is 18.2 Å². The van der Waals surface area contributed by atoms with Gasteiger partial charge in [0.15, 0.2) is 5.60 Å². The van der Waals surface area contributed by atoms with Crippen LogP contribution in [0, 0.1) is 11.8 Å². The Morgan fingerprint density at radius 3 is 2.81 bits per heavy atom. The van der Waals surface area contributed by atoms with Crippen LogP contribution in [0.25, 0.3) is 0 Å². The van der Waals surface area contributed by atoms with Crippen molar-refractivity contribution in [1.82, 2.24) is 0 Å². The molecule has 0 amide bonds. The van der Waals surface area contributed by atoms with Gasteiger partial charge in [0, 0.05) is 17.9 Å². The van der Waals surface area contributed by atoms with Gasteiger partial charge in [-0.3, -0.25) is 14.4 Å². The van der Waals surface area contributed by atoms with Crippen molar-refractivity contribution in [1.29, 1.82) is 0 Å². The molecule has 0 spiro atoms. The van der Waals surface area contributed by atoms with Crippen molar-refractivity contribution < 1.29 is 23.9 Å². The molecular formula is C21H26O5. The zero-order chi connectivity index (χ0) is 18.9. The van der Waals surface area contributed by atoms with Crippen LogP contribution in [-0.2, 0) is 23.9 Å². The maximum Gasteiger partial charge on any atom is 0.317 e. The first-order valence-electron chi connectivity index (χ1n) is 9.42. The minimum atomic E-state index is -1.25. The van der Waals surface area contributed by atoms with Crippen molar-refractivity contribution in [2.45, 2.75) is 58.5 Å². The maximum absolute atomic E-state index is 13.0. The predicted molar refractivity (Wildman–Crippen MR) is 96.1 cm³/mol. The fourth-order valence-electron chi connectivity index (χ4n) is 4.16. The maximum atomic E-state index is 13.0. The van der Waals surface area contributed by atoms with E-state index in [9.17, 15) is 14.4 Å². The summed E-state index contributed by atoms with van der Waals surface area (Å²) in [6.07, 6.45) is 9.13. The molecule has 0 aromatic rings. The summed E-state index contributed by atoms with van der Waals surface area (Å²) in [6, 6.07) is 0.